The van der Waals surface area contributed by atoms with Gasteiger partial charge >= 0.3 is 0 Å². The van der Waals surface area contributed by atoms with Crippen molar-refractivity contribution in [3.05, 3.63) is 65.2 Å². The van der Waals surface area contributed by atoms with E-state index in [0.29, 0.717) is 0 Å². The molecular weight excluding hydrogens is 268 g/mol. The Labute approximate surface area is 134 Å². The molecule has 0 saturated carbocycles. The molecule has 0 aliphatic carbocycles. The lowest BCUT2D eigenvalue weighted by Gasteiger charge is -2.34. The molecule has 1 heterocycles. The van der Waals surface area contributed by atoms with Crippen molar-refractivity contribution in [3.8, 4) is 0 Å². The van der Waals surface area contributed by atoms with Crippen LogP contribution in [-0.2, 0) is 6.42 Å². The van der Waals surface area contributed by atoms with Crippen molar-refractivity contribution in [2.75, 3.05) is 37.6 Å². The molecule has 0 bridgehead atoms. The Balaban J connectivity index is 1.53. The first-order valence-corrected chi connectivity index (χ1v) is 8.42. The van der Waals surface area contributed by atoms with Crippen molar-refractivity contribution < 1.29 is 4.90 Å². The maximum Gasteiger partial charge on any atom is 0.0949 e. The maximum atomic E-state index is 2.56. The molecule has 1 N–H and O–H groups in total. The lowest BCUT2D eigenvalue weighted by Crippen LogP contribution is -3.15. The van der Waals surface area contributed by atoms with Gasteiger partial charge in [-0.25, -0.2) is 0 Å². The van der Waals surface area contributed by atoms with Gasteiger partial charge in [0, 0.05) is 12.1 Å². The van der Waals surface area contributed by atoms with Crippen LogP contribution in [0.4, 0.5) is 5.69 Å². The quantitative estimate of drug-likeness (QED) is 0.909. The smallest absolute Gasteiger partial charge is 0.0949 e. The minimum absolute atomic E-state index is 1.18. The van der Waals surface area contributed by atoms with Crippen LogP contribution in [0.3, 0.4) is 0 Å². The Hall–Kier alpha value is -1.80. The molecule has 2 nitrogen and oxygen atoms in total. The molecule has 3 rings (SSSR count). The number of quaternary nitrogens is 1. The number of hydrogen-bond donors (Lipinski definition) is 1. The highest BCUT2D eigenvalue weighted by atomic mass is 15.3. The highest BCUT2D eigenvalue weighted by molar-refractivity contribution is 5.56. The Kier molecular flexibility index (Phi) is 4.79. The molecule has 2 heteroatoms. The van der Waals surface area contributed by atoms with Crippen LogP contribution >= 0.6 is 0 Å². The topological polar surface area (TPSA) is 7.68 Å². The van der Waals surface area contributed by atoms with Gasteiger partial charge in [0.15, 0.2) is 0 Å². The van der Waals surface area contributed by atoms with Crippen molar-refractivity contribution in [2.45, 2.75) is 20.3 Å². The van der Waals surface area contributed by atoms with E-state index in [0.717, 1.165) is 0 Å². The maximum absolute atomic E-state index is 2.56. The molecule has 1 fully saturated rings. The number of nitrogens with zero attached hydrogens (tertiary/aromatic N) is 1. The monoisotopic (exact) mass is 295 g/mol. The number of aryl methyl sites for hydroxylation is 1. The van der Waals surface area contributed by atoms with E-state index in [2.05, 4.69) is 67.3 Å². The third-order valence-corrected chi connectivity index (χ3v) is 5.00. The van der Waals surface area contributed by atoms with Crippen molar-refractivity contribution in [3.63, 3.8) is 0 Å². The van der Waals surface area contributed by atoms with E-state index in [9.17, 15) is 0 Å². The summed E-state index contributed by atoms with van der Waals surface area (Å²) < 4.78 is 0. The first-order chi connectivity index (χ1) is 10.7. The molecule has 116 valence electrons. The zero-order chi connectivity index (χ0) is 15.4. The van der Waals surface area contributed by atoms with Gasteiger partial charge < -0.3 is 9.80 Å². The van der Waals surface area contributed by atoms with E-state index in [1.54, 1.807) is 4.90 Å². The van der Waals surface area contributed by atoms with E-state index in [1.807, 2.05) is 0 Å². The summed E-state index contributed by atoms with van der Waals surface area (Å²) in [5.41, 5.74) is 5.74. The Bertz CT molecular complexity index is 598. The highest BCUT2D eigenvalue weighted by Crippen LogP contribution is 2.22. The van der Waals surface area contributed by atoms with E-state index in [4.69, 9.17) is 0 Å². The minimum atomic E-state index is 1.18. The average Bonchev–Trinajstić information content (AvgIpc) is 2.57. The second-order valence-electron chi connectivity index (χ2n) is 6.44. The van der Waals surface area contributed by atoms with Crippen LogP contribution in [0.1, 0.15) is 16.7 Å². The summed E-state index contributed by atoms with van der Waals surface area (Å²) in [4.78, 5) is 4.30. The summed E-state index contributed by atoms with van der Waals surface area (Å²) in [7, 11) is 0. The summed E-state index contributed by atoms with van der Waals surface area (Å²) in [5.74, 6) is 0. The molecule has 0 amide bonds. The van der Waals surface area contributed by atoms with Crippen LogP contribution in [0.2, 0.25) is 0 Å². The molecule has 1 aliphatic rings. The third kappa shape index (κ3) is 3.50. The average molecular weight is 295 g/mol. The van der Waals surface area contributed by atoms with Crippen LogP contribution in [0.5, 0.6) is 0 Å². The summed E-state index contributed by atoms with van der Waals surface area (Å²) >= 11 is 0. The summed E-state index contributed by atoms with van der Waals surface area (Å²) in [6.07, 6.45) is 1.19. The SMILES string of the molecule is Cc1cccc(N2CC[NH+](CCc3ccccc3)CC2)c1C. The van der Waals surface area contributed by atoms with E-state index < -0.39 is 0 Å². The molecule has 2 aromatic carbocycles. The minimum Gasteiger partial charge on any atom is -0.360 e. The Morgan fingerprint density at radius 2 is 1.64 bits per heavy atom. The zero-order valence-corrected chi connectivity index (χ0v) is 13.8. The van der Waals surface area contributed by atoms with Crippen molar-refractivity contribution in [1.29, 1.82) is 0 Å². The van der Waals surface area contributed by atoms with Crippen LogP contribution in [0, 0.1) is 13.8 Å². The molecule has 1 saturated heterocycles. The van der Waals surface area contributed by atoms with Crippen LogP contribution in [0.15, 0.2) is 48.5 Å². The summed E-state index contributed by atoms with van der Waals surface area (Å²) in [6.45, 7) is 10.6. The number of nitrogens with one attached hydrogen (secondary N) is 1. The normalized spacial score (nSPS) is 16.0. The highest BCUT2D eigenvalue weighted by Gasteiger charge is 2.21. The molecule has 0 unspecified atom stereocenters. The second-order valence-corrected chi connectivity index (χ2v) is 6.44. The molecule has 0 aromatic heterocycles. The fraction of sp³-hybridized carbons (Fsp3) is 0.400. The molecule has 0 radical (unpaired) electrons. The van der Waals surface area contributed by atoms with Crippen LogP contribution < -0.4 is 9.80 Å². The molecular formula is C20H27N2+. The van der Waals surface area contributed by atoms with Crippen molar-refractivity contribution in [2.24, 2.45) is 0 Å². The standard InChI is InChI=1S/C20H26N2/c1-17-7-6-10-20(18(17)2)22-15-13-21(14-16-22)12-11-19-8-4-3-5-9-19/h3-10H,11-16H2,1-2H3/p+1. The number of hydrogen-bond acceptors (Lipinski definition) is 1. The molecule has 22 heavy (non-hydrogen) atoms. The molecule has 0 atom stereocenters. The van der Waals surface area contributed by atoms with Crippen molar-refractivity contribution in [1.82, 2.24) is 0 Å². The van der Waals surface area contributed by atoms with Gasteiger partial charge in [-0.15, -0.1) is 0 Å². The molecule has 1 aliphatic heterocycles. The first-order valence-electron chi connectivity index (χ1n) is 8.42. The van der Waals surface area contributed by atoms with E-state index in [1.165, 1.54) is 61.5 Å². The first kappa shape index (κ1) is 15.1. The summed E-state index contributed by atoms with van der Waals surface area (Å²) in [6, 6.07) is 17.5. The number of rotatable bonds is 4. The molecule has 2 aromatic rings. The van der Waals surface area contributed by atoms with Gasteiger partial charge in [-0.3, -0.25) is 0 Å². The van der Waals surface area contributed by atoms with Crippen LogP contribution in [0.25, 0.3) is 0 Å². The Morgan fingerprint density at radius 1 is 0.909 bits per heavy atom. The Morgan fingerprint density at radius 3 is 2.36 bits per heavy atom. The lowest BCUT2D eigenvalue weighted by molar-refractivity contribution is -0.900. The number of piperazine rings is 1. The number of anilines is 1. The van der Waals surface area contributed by atoms with Gasteiger partial charge in [0.05, 0.1) is 32.7 Å². The summed E-state index contributed by atoms with van der Waals surface area (Å²) in [5, 5.41) is 0. The van der Waals surface area contributed by atoms with Gasteiger partial charge in [-0.05, 0) is 36.6 Å². The van der Waals surface area contributed by atoms with Crippen LogP contribution in [-0.4, -0.2) is 32.7 Å². The predicted octanol–water partition coefficient (Wildman–Crippen LogP) is 2.25. The van der Waals surface area contributed by atoms with Gasteiger partial charge in [0.25, 0.3) is 0 Å². The third-order valence-electron chi connectivity index (χ3n) is 5.00. The van der Waals surface area contributed by atoms with Gasteiger partial charge in [-0.2, -0.15) is 0 Å². The predicted molar refractivity (Wildman–Crippen MR) is 93.8 cm³/mol. The largest absolute Gasteiger partial charge is 0.360 e. The molecule has 0 spiro atoms. The lowest BCUT2D eigenvalue weighted by atomic mass is 10.1. The van der Waals surface area contributed by atoms with E-state index in [-0.39, 0.29) is 0 Å². The van der Waals surface area contributed by atoms with Gasteiger partial charge in [0.2, 0.25) is 0 Å². The fourth-order valence-electron chi connectivity index (χ4n) is 3.36. The van der Waals surface area contributed by atoms with Crippen molar-refractivity contribution >= 4 is 5.69 Å². The second kappa shape index (κ2) is 6.97. The zero-order valence-electron chi connectivity index (χ0n) is 13.8. The fourth-order valence-corrected chi connectivity index (χ4v) is 3.36. The van der Waals surface area contributed by atoms with E-state index >= 15 is 0 Å². The number of benzene rings is 2. The van der Waals surface area contributed by atoms with Gasteiger partial charge in [0.1, 0.15) is 0 Å². The van der Waals surface area contributed by atoms with Gasteiger partial charge in [-0.1, -0.05) is 42.5 Å².